The molecular weight excluding hydrogens is 328 g/mol. The van der Waals surface area contributed by atoms with E-state index in [1.165, 1.54) is 6.20 Å². The second-order valence-electron chi connectivity index (χ2n) is 5.76. The molecule has 0 aliphatic carbocycles. The number of Topliss-reactive ketones (excluding diaryl/α,β-unsaturated/α-hetero) is 1. The van der Waals surface area contributed by atoms with E-state index in [1.807, 2.05) is 6.07 Å². The minimum atomic E-state index is -3.40. The highest BCUT2D eigenvalue weighted by Gasteiger charge is 2.16. The Hall–Kier alpha value is -2.79. The van der Waals surface area contributed by atoms with E-state index in [1.54, 1.807) is 44.1 Å². The van der Waals surface area contributed by atoms with Gasteiger partial charge in [-0.2, -0.15) is 5.26 Å². The van der Waals surface area contributed by atoms with Gasteiger partial charge in [-0.05, 0) is 30.7 Å². The maximum absolute atomic E-state index is 12.4. The lowest BCUT2D eigenvalue weighted by molar-refractivity contribution is 0.103. The quantitative estimate of drug-likeness (QED) is 0.489. The number of fused-ring (bicyclic) bond motifs is 1. The number of hydrogen-bond acceptors (Lipinski definition) is 5. The number of allylic oxidation sites excluding steroid dienone is 1. The summed E-state index contributed by atoms with van der Waals surface area (Å²) < 4.78 is 25.3. The zero-order valence-corrected chi connectivity index (χ0v) is 14.7. The number of H-pyrrole nitrogens is 1. The highest BCUT2D eigenvalue weighted by Crippen LogP contribution is 2.25. The summed E-state index contributed by atoms with van der Waals surface area (Å²) in [6.45, 7) is 1.77. The number of anilines is 1. The minimum absolute atomic E-state index is 0.0118. The molecule has 0 aliphatic rings. The Morgan fingerprint density at radius 2 is 2.00 bits per heavy atom. The first-order chi connectivity index (χ1) is 11.1. The lowest BCUT2D eigenvalue weighted by atomic mass is 10.1. The van der Waals surface area contributed by atoms with Crippen molar-refractivity contribution in [2.24, 2.45) is 0 Å². The molecule has 1 aromatic heterocycles. The summed E-state index contributed by atoms with van der Waals surface area (Å²) in [5.74, 6) is -0.419. The Morgan fingerprint density at radius 3 is 2.54 bits per heavy atom. The van der Waals surface area contributed by atoms with E-state index in [9.17, 15) is 13.2 Å². The van der Waals surface area contributed by atoms with Crippen molar-refractivity contribution in [3.05, 3.63) is 41.2 Å². The van der Waals surface area contributed by atoms with Gasteiger partial charge in [0, 0.05) is 31.2 Å². The lowest BCUT2D eigenvalue weighted by Crippen LogP contribution is -2.10. The van der Waals surface area contributed by atoms with E-state index in [4.69, 9.17) is 5.26 Å². The molecule has 126 valence electrons. The average Bonchev–Trinajstić information content (AvgIpc) is 2.85. The molecule has 2 rings (SSSR count). The number of nitriles is 1. The molecule has 0 atom stereocenters. The van der Waals surface area contributed by atoms with Crippen LogP contribution in [0.2, 0.25) is 0 Å². The van der Waals surface area contributed by atoms with Gasteiger partial charge in [-0.15, -0.1) is 0 Å². The number of carbonyl (C=O) groups is 1. The third-order valence-electron chi connectivity index (χ3n) is 3.26. The molecule has 0 spiro atoms. The summed E-state index contributed by atoms with van der Waals surface area (Å²) in [6, 6.07) is 6.94. The number of hydrogen-bond donors (Lipinski definition) is 2. The van der Waals surface area contributed by atoms with Crippen LogP contribution in [0.25, 0.3) is 10.9 Å². The summed E-state index contributed by atoms with van der Waals surface area (Å²) in [5.41, 5.74) is 2.07. The van der Waals surface area contributed by atoms with Crippen LogP contribution in [0.1, 0.15) is 16.1 Å². The number of aromatic amines is 1. The third-order valence-corrected chi connectivity index (χ3v) is 3.85. The number of sulfonamides is 1. The molecule has 24 heavy (non-hydrogen) atoms. The molecule has 0 aliphatic heterocycles. The van der Waals surface area contributed by atoms with Crippen LogP contribution in [-0.4, -0.2) is 44.4 Å². The van der Waals surface area contributed by atoms with Gasteiger partial charge in [-0.25, -0.2) is 8.42 Å². The second-order valence-corrected chi connectivity index (χ2v) is 7.51. The van der Waals surface area contributed by atoms with Crippen LogP contribution in [-0.2, 0) is 10.0 Å². The molecule has 2 aromatic rings. The summed E-state index contributed by atoms with van der Waals surface area (Å²) in [4.78, 5) is 17.0. The van der Waals surface area contributed by atoms with Gasteiger partial charge in [0.2, 0.25) is 15.8 Å². The van der Waals surface area contributed by atoms with E-state index in [-0.39, 0.29) is 11.3 Å². The van der Waals surface area contributed by atoms with Crippen LogP contribution in [0.4, 0.5) is 5.69 Å². The molecule has 1 heterocycles. The fourth-order valence-electron chi connectivity index (χ4n) is 2.27. The molecule has 0 radical (unpaired) electrons. The molecule has 8 heteroatoms. The molecular formula is C16H18N4O3S. The maximum atomic E-state index is 12.4. The van der Waals surface area contributed by atoms with Crippen molar-refractivity contribution in [1.82, 2.24) is 9.88 Å². The number of benzene rings is 1. The Balaban J connectivity index is 2.49. The van der Waals surface area contributed by atoms with Crippen molar-refractivity contribution in [2.45, 2.75) is 6.92 Å². The largest absolute Gasteiger partial charge is 0.382 e. The molecule has 0 bridgehead atoms. The van der Waals surface area contributed by atoms with Crippen LogP contribution >= 0.6 is 0 Å². The maximum Gasteiger partial charge on any atom is 0.229 e. The smallest absolute Gasteiger partial charge is 0.229 e. The zero-order chi connectivity index (χ0) is 18.1. The van der Waals surface area contributed by atoms with Crippen LogP contribution in [0, 0.1) is 18.3 Å². The van der Waals surface area contributed by atoms with Gasteiger partial charge < -0.3 is 9.88 Å². The number of ketones is 1. The molecule has 1 aromatic carbocycles. The van der Waals surface area contributed by atoms with Crippen molar-refractivity contribution < 1.29 is 13.2 Å². The van der Waals surface area contributed by atoms with Gasteiger partial charge >= 0.3 is 0 Å². The third kappa shape index (κ3) is 3.94. The predicted octanol–water partition coefficient (Wildman–Crippen LogP) is 2.00. The van der Waals surface area contributed by atoms with Crippen LogP contribution in [0.5, 0.6) is 0 Å². The van der Waals surface area contributed by atoms with Gasteiger partial charge in [-0.1, -0.05) is 0 Å². The Morgan fingerprint density at radius 1 is 1.33 bits per heavy atom. The second kappa shape index (κ2) is 6.37. The highest BCUT2D eigenvalue weighted by molar-refractivity contribution is 7.92. The first-order valence-corrected chi connectivity index (χ1v) is 8.94. The summed E-state index contributed by atoms with van der Waals surface area (Å²) in [5, 5.41) is 9.90. The Labute approximate surface area is 140 Å². The van der Waals surface area contributed by atoms with Gasteiger partial charge in [-0.3, -0.25) is 9.52 Å². The fourth-order valence-corrected chi connectivity index (χ4v) is 2.89. The van der Waals surface area contributed by atoms with Crippen molar-refractivity contribution in [3.63, 3.8) is 0 Å². The highest BCUT2D eigenvalue weighted by atomic mass is 32.2. The Bertz CT molecular complexity index is 979. The molecule has 7 nitrogen and oxygen atoms in total. The van der Waals surface area contributed by atoms with E-state index in [2.05, 4.69) is 9.71 Å². The SMILES string of the molecule is Cc1cc2cc(C(=O)C(C#N)=CN(C)C)[nH]c2cc1NS(C)(=O)=O. The van der Waals surface area contributed by atoms with E-state index in [0.717, 1.165) is 17.2 Å². The summed E-state index contributed by atoms with van der Waals surface area (Å²) >= 11 is 0. The number of nitrogens with one attached hydrogen (secondary N) is 2. The number of aryl methyl sites for hydroxylation is 1. The predicted molar refractivity (Wildman–Crippen MR) is 93.2 cm³/mol. The van der Waals surface area contributed by atoms with Gasteiger partial charge in [0.25, 0.3) is 0 Å². The van der Waals surface area contributed by atoms with Crippen molar-refractivity contribution in [3.8, 4) is 6.07 Å². The number of rotatable bonds is 5. The fraction of sp³-hybridized carbons (Fsp3) is 0.250. The van der Waals surface area contributed by atoms with Crippen LogP contribution in [0.3, 0.4) is 0 Å². The molecule has 0 amide bonds. The van der Waals surface area contributed by atoms with Crippen LogP contribution < -0.4 is 4.72 Å². The van der Waals surface area contributed by atoms with Crippen molar-refractivity contribution in [1.29, 1.82) is 5.26 Å². The average molecular weight is 346 g/mol. The number of aromatic nitrogens is 1. The minimum Gasteiger partial charge on any atom is -0.382 e. The van der Waals surface area contributed by atoms with Crippen LogP contribution in [0.15, 0.2) is 30.0 Å². The van der Waals surface area contributed by atoms with E-state index < -0.39 is 15.8 Å². The first kappa shape index (κ1) is 17.6. The molecule has 0 fully saturated rings. The lowest BCUT2D eigenvalue weighted by Gasteiger charge is -2.07. The topological polar surface area (TPSA) is 106 Å². The van der Waals surface area contributed by atoms with Gasteiger partial charge in [0.15, 0.2) is 0 Å². The number of carbonyl (C=O) groups excluding carboxylic acids is 1. The summed E-state index contributed by atoms with van der Waals surface area (Å²) in [6.07, 6.45) is 2.53. The monoisotopic (exact) mass is 346 g/mol. The summed E-state index contributed by atoms with van der Waals surface area (Å²) in [7, 11) is 0.0518. The molecule has 0 saturated heterocycles. The van der Waals surface area contributed by atoms with Crippen molar-refractivity contribution >= 4 is 32.4 Å². The van der Waals surface area contributed by atoms with Gasteiger partial charge in [0.1, 0.15) is 11.6 Å². The van der Waals surface area contributed by atoms with Gasteiger partial charge in [0.05, 0.1) is 17.6 Å². The van der Waals surface area contributed by atoms with E-state index >= 15 is 0 Å². The zero-order valence-electron chi connectivity index (χ0n) is 13.8. The molecule has 0 saturated carbocycles. The molecule has 2 N–H and O–H groups in total. The molecule has 0 unspecified atom stereocenters. The van der Waals surface area contributed by atoms with Crippen molar-refractivity contribution in [2.75, 3.05) is 25.1 Å². The standard InChI is InChI=1S/C16H18N4O3S/c1-10-5-11-6-15(16(21)12(8-17)9-20(2)3)18-14(11)7-13(10)19-24(4,22)23/h5-7,9,18-19H,1-4H3. The normalized spacial score (nSPS) is 12.0. The Kier molecular flexibility index (Phi) is 4.66. The first-order valence-electron chi connectivity index (χ1n) is 7.05. The van der Waals surface area contributed by atoms with E-state index in [0.29, 0.717) is 11.2 Å². The number of nitrogens with zero attached hydrogens (tertiary/aromatic N) is 2.